The second-order valence-corrected chi connectivity index (χ2v) is 5.85. The van der Waals surface area contributed by atoms with Gasteiger partial charge in [-0.3, -0.25) is 4.79 Å². The summed E-state index contributed by atoms with van der Waals surface area (Å²) in [6.45, 7) is 6.96. The van der Waals surface area contributed by atoms with Crippen LogP contribution < -0.4 is 4.90 Å². The molecular weight excluding hydrogens is 292 g/mol. The molecule has 0 aliphatic carbocycles. The number of carbonyl (C=O) groups excluding carboxylic acids is 1. The zero-order valence-corrected chi connectivity index (χ0v) is 13.6. The quantitative estimate of drug-likeness (QED) is 0.852. The largest absolute Gasteiger partial charge is 0.339 e. The highest BCUT2D eigenvalue weighted by Crippen LogP contribution is 2.18. The SMILES string of the molecule is CCC(C)C(=O)N1CCN(c2nnnn2-c2ccccc2)CC1. The molecule has 0 spiro atoms. The summed E-state index contributed by atoms with van der Waals surface area (Å²) < 4.78 is 1.74. The van der Waals surface area contributed by atoms with Gasteiger partial charge in [-0.05, 0) is 29.0 Å². The molecule has 1 fully saturated rings. The van der Waals surface area contributed by atoms with Gasteiger partial charge in [-0.25, -0.2) is 0 Å². The van der Waals surface area contributed by atoms with E-state index in [0.717, 1.165) is 31.1 Å². The second-order valence-electron chi connectivity index (χ2n) is 5.85. The number of hydrogen-bond donors (Lipinski definition) is 0. The first kappa shape index (κ1) is 15.5. The lowest BCUT2D eigenvalue weighted by Crippen LogP contribution is -2.50. The Morgan fingerprint density at radius 2 is 1.87 bits per heavy atom. The second kappa shape index (κ2) is 6.76. The summed E-state index contributed by atoms with van der Waals surface area (Å²) in [6.07, 6.45) is 0.880. The summed E-state index contributed by atoms with van der Waals surface area (Å²) in [5.74, 6) is 1.07. The Morgan fingerprint density at radius 3 is 2.52 bits per heavy atom. The summed E-state index contributed by atoms with van der Waals surface area (Å²) in [5.41, 5.74) is 0.936. The molecule has 0 radical (unpaired) electrons. The minimum atomic E-state index is 0.0937. The molecular formula is C16H22N6O. The van der Waals surface area contributed by atoms with Crippen LogP contribution in [-0.4, -0.2) is 57.2 Å². The van der Waals surface area contributed by atoms with Crippen molar-refractivity contribution in [2.24, 2.45) is 5.92 Å². The molecule has 1 unspecified atom stereocenters. The molecule has 0 N–H and O–H groups in total. The van der Waals surface area contributed by atoms with Crippen molar-refractivity contribution in [3.05, 3.63) is 30.3 Å². The highest BCUT2D eigenvalue weighted by Gasteiger charge is 2.26. The average Bonchev–Trinajstić information content (AvgIpc) is 3.11. The van der Waals surface area contributed by atoms with E-state index >= 15 is 0 Å². The fourth-order valence-electron chi connectivity index (χ4n) is 2.73. The monoisotopic (exact) mass is 314 g/mol. The minimum absolute atomic E-state index is 0.0937. The number of carbonyl (C=O) groups is 1. The number of hydrogen-bond acceptors (Lipinski definition) is 5. The third-order valence-electron chi connectivity index (χ3n) is 4.36. The Bertz CT molecular complexity index is 648. The molecule has 1 aromatic carbocycles. The minimum Gasteiger partial charge on any atom is -0.339 e. The standard InChI is InChI=1S/C16H22N6O/c1-3-13(2)15(23)20-9-11-21(12-10-20)16-17-18-19-22(16)14-7-5-4-6-8-14/h4-8,13H,3,9-12H2,1-2H3. The summed E-state index contributed by atoms with van der Waals surface area (Å²) >= 11 is 0. The van der Waals surface area contributed by atoms with Crippen LogP contribution in [-0.2, 0) is 4.79 Å². The summed E-state index contributed by atoms with van der Waals surface area (Å²) in [6, 6.07) is 9.84. The van der Waals surface area contributed by atoms with Gasteiger partial charge in [-0.2, -0.15) is 4.68 Å². The number of rotatable bonds is 4. The molecule has 1 saturated heterocycles. The molecule has 7 nitrogen and oxygen atoms in total. The molecule has 0 bridgehead atoms. The van der Waals surface area contributed by atoms with E-state index in [4.69, 9.17) is 0 Å². The fraction of sp³-hybridized carbons (Fsp3) is 0.500. The van der Waals surface area contributed by atoms with E-state index in [1.807, 2.05) is 49.1 Å². The van der Waals surface area contributed by atoms with Gasteiger partial charge < -0.3 is 9.80 Å². The van der Waals surface area contributed by atoms with Gasteiger partial charge in [0.15, 0.2) is 0 Å². The van der Waals surface area contributed by atoms with Gasteiger partial charge >= 0.3 is 0 Å². The summed E-state index contributed by atoms with van der Waals surface area (Å²) in [5, 5.41) is 12.1. The van der Waals surface area contributed by atoms with Crippen LogP contribution in [0.2, 0.25) is 0 Å². The van der Waals surface area contributed by atoms with Crippen molar-refractivity contribution in [1.29, 1.82) is 0 Å². The van der Waals surface area contributed by atoms with Gasteiger partial charge in [-0.1, -0.05) is 37.1 Å². The number of para-hydroxylation sites is 1. The predicted molar refractivity (Wildman–Crippen MR) is 87.4 cm³/mol. The Balaban J connectivity index is 1.70. The van der Waals surface area contributed by atoms with Crippen molar-refractivity contribution in [2.75, 3.05) is 31.1 Å². The maximum Gasteiger partial charge on any atom is 0.250 e. The predicted octanol–water partition coefficient (Wildman–Crippen LogP) is 1.36. The molecule has 1 aliphatic rings. The lowest BCUT2D eigenvalue weighted by Gasteiger charge is -2.35. The molecule has 1 amide bonds. The molecule has 122 valence electrons. The van der Waals surface area contributed by atoms with Crippen molar-refractivity contribution in [2.45, 2.75) is 20.3 Å². The van der Waals surface area contributed by atoms with E-state index < -0.39 is 0 Å². The van der Waals surface area contributed by atoms with Crippen molar-refractivity contribution in [3.8, 4) is 5.69 Å². The number of tetrazole rings is 1. The molecule has 23 heavy (non-hydrogen) atoms. The Hall–Kier alpha value is -2.44. The normalized spacial score (nSPS) is 16.4. The van der Waals surface area contributed by atoms with Gasteiger partial charge in [0.1, 0.15) is 0 Å². The molecule has 1 aromatic heterocycles. The number of amides is 1. The van der Waals surface area contributed by atoms with E-state index in [1.165, 1.54) is 0 Å². The number of aromatic nitrogens is 4. The first-order chi connectivity index (χ1) is 11.2. The van der Waals surface area contributed by atoms with Gasteiger partial charge in [0.25, 0.3) is 0 Å². The summed E-state index contributed by atoms with van der Waals surface area (Å²) in [7, 11) is 0. The molecule has 1 aliphatic heterocycles. The lowest BCUT2D eigenvalue weighted by molar-refractivity contribution is -0.135. The Labute approximate surface area is 135 Å². The number of benzene rings is 1. The molecule has 0 saturated carbocycles. The highest BCUT2D eigenvalue weighted by atomic mass is 16.2. The third kappa shape index (κ3) is 3.18. The number of anilines is 1. The maximum atomic E-state index is 12.3. The molecule has 1 atom stereocenters. The van der Waals surface area contributed by atoms with E-state index in [2.05, 4.69) is 20.4 Å². The number of nitrogens with zero attached hydrogens (tertiary/aromatic N) is 6. The van der Waals surface area contributed by atoms with Crippen molar-refractivity contribution < 1.29 is 4.79 Å². The van der Waals surface area contributed by atoms with E-state index in [0.29, 0.717) is 13.1 Å². The molecule has 3 rings (SSSR count). The first-order valence-electron chi connectivity index (χ1n) is 8.08. The highest BCUT2D eigenvalue weighted by molar-refractivity contribution is 5.78. The van der Waals surface area contributed by atoms with E-state index in [1.54, 1.807) is 4.68 Å². The van der Waals surface area contributed by atoms with Crippen LogP contribution in [0.4, 0.5) is 5.95 Å². The summed E-state index contributed by atoms with van der Waals surface area (Å²) in [4.78, 5) is 16.4. The molecule has 2 aromatic rings. The van der Waals surface area contributed by atoms with Crippen LogP contribution in [0.15, 0.2) is 30.3 Å². The van der Waals surface area contributed by atoms with Gasteiger partial charge in [0.2, 0.25) is 11.9 Å². The smallest absolute Gasteiger partial charge is 0.250 e. The fourth-order valence-corrected chi connectivity index (χ4v) is 2.73. The van der Waals surface area contributed by atoms with Crippen LogP contribution in [0, 0.1) is 5.92 Å². The van der Waals surface area contributed by atoms with E-state index in [9.17, 15) is 4.79 Å². The van der Waals surface area contributed by atoms with Gasteiger partial charge in [-0.15, -0.1) is 0 Å². The van der Waals surface area contributed by atoms with Crippen molar-refractivity contribution in [1.82, 2.24) is 25.1 Å². The zero-order valence-electron chi connectivity index (χ0n) is 13.6. The molecule has 7 heteroatoms. The average molecular weight is 314 g/mol. The molecule has 2 heterocycles. The first-order valence-corrected chi connectivity index (χ1v) is 8.08. The van der Waals surface area contributed by atoms with Crippen LogP contribution >= 0.6 is 0 Å². The van der Waals surface area contributed by atoms with Crippen LogP contribution in [0.3, 0.4) is 0 Å². The third-order valence-corrected chi connectivity index (χ3v) is 4.36. The van der Waals surface area contributed by atoms with Crippen molar-refractivity contribution >= 4 is 11.9 Å². The Morgan fingerprint density at radius 1 is 1.17 bits per heavy atom. The van der Waals surface area contributed by atoms with Crippen molar-refractivity contribution in [3.63, 3.8) is 0 Å². The topological polar surface area (TPSA) is 67.2 Å². The van der Waals surface area contributed by atoms with Crippen LogP contribution in [0.1, 0.15) is 20.3 Å². The maximum absolute atomic E-state index is 12.3. The van der Waals surface area contributed by atoms with Crippen LogP contribution in [0.25, 0.3) is 5.69 Å². The van der Waals surface area contributed by atoms with Gasteiger partial charge in [0, 0.05) is 32.1 Å². The van der Waals surface area contributed by atoms with E-state index in [-0.39, 0.29) is 11.8 Å². The zero-order chi connectivity index (χ0) is 16.2. The van der Waals surface area contributed by atoms with Crippen LogP contribution in [0.5, 0.6) is 0 Å². The number of piperazine rings is 1. The lowest BCUT2D eigenvalue weighted by atomic mass is 10.1. The Kier molecular flexibility index (Phi) is 4.55. The van der Waals surface area contributed by atoms with Gasteiger partial charge in [0.05, 0.1) is 5.69 Å².